The molecule has 0 saturated heterocycles. The number of aromatic hydroxyl groups is 1. The average molecular weight is 502 g/mol. The summed E-state index contributed by atoms with van der Waals surface area (Å²) in [5.41, 5.74) is 2.13. The van der Waals surface area contributed by atoms with Gasteiger partial charge in [0.25, 0.3) is 5.91 Å². The van der Waals surface area contributed by atoms with Crippen LogP contribution in [0.5, 0.6) is 5.75 Å². The van der Waals surface area contributed by atoms with Crippen molar-refractivity contribution < 1.29 is 19.0 Å². The van der Waals surface area contributed by atoms with Crippen molar-refractivity contribution in [3.05, 3.63) is 72.3 Å². The number of carbonyl (C=O) groups is 1. The molecule has 1 aliphatic carbocycles. The van der Waals surface area contributed by atoms with Crippen molar-refractivity contribution >= 4 is 28.6 Å². The van der Waals surface area contributed by atoms with Gasteiger partial charge in [-0.2, -0.15) is 0 Å². The van der Waals surface area contributed by atoms with Crippen molar-refractivity contribution in [2.45, 2.75) is 44.8 Å². The molecule has 37 heavy (non-hydrogen) atoms. The molecule has 0 aliphatic heterocycles. The molecular weight excluding hydrogens is 473 g/mol. The number of nitrogens with one attached hydrogen (secondary N) is 2. The fourth-order valence-corrected chi connectivity index (χ4v) is 4.64. The summed E-state index contributed by atoms with van der Waals surface area (Å²) in [6.07, 6.45) is 7.30. The summed E-state index contributed by atoms with van der Waals surface area (Å²) in [4.78, 5) is 26.5. The molecule has 3 N–H and O–H groups in total. The minimum atomic E-state index is -0.715. The number of amides is 1. The van der Waals surface area contributed by atoms with Crippen LogP contribution in [0.15, 0.2) is 60.9 Å². The number of phenolic OH excluding ortho intramolecular Hbond substituents is 1. The van der Waals surface area contributed by atoms with E-state index >= 15 is 0 Å². The van der Waals surface area contributed by atoms with Gasteiger partial charge in [-0.05, 0) is 62.4 Å². The molecule has 0 radical (unpaired) electrons. The van der Waals surface area contributed by atoms with E-state index in [1.807, 2.05) is 13.0 Å². The van der Waals surface area contributed by atoms with Crippen LogP contribution in [0.4, 0.5) is 16.2 Å². The Morgan fingerprint density at radius 1 is 1.08 bits per heavy atom. The second-order valence-corrected chi connectivity index (χ2v) is 9.04. The molecule has 2 aromatic heterocycles. The quantitative estimate of drug-likeness (QED) is 0.305. The highest BCUT2D eigenvalue weighted by atomic mass is 19.1. The van der Waals surface area contributed by atoms with E-state index in [0.717, 1.165) is 32.3 Å². The van der Waals surface area contributed by atoms with Crippen LogP contribution in [0.25, 0.3) is 22.0 Å². The Labute approximate surface area is 213 Å². The topological polar surface area (TPSA) is 109 Å². The van der Waals surface area contributed by atoms with Crippen LogP contribution in [0, 0.1) is 5.82 Å². The number of aromatic nitrogens is 3. The molecule has 1 saturated carbocycles. The van der Waals surface area contributed by atoms with Crippen LogP contribution in [-0.4, -0.2) is 44.7 Å². The molecule has 2 aromatic carbocycles. The van der Waals surface area contributed by atoms with Crippen molar-refractivity contribution in [1.29, 1.82) is 0 Å². The number of ether oxygens (including phenoxy) is 1. The number of phenols is 1. The maximum absolute atomic E-state index is 13.7. The predicted molar refractivity (Wildman–Crippen MR) is 140 cm³/mol. The Bertz CT molecular complexity index is 1410. The Hall–Kier alpha value is -4.11. The minimum absolute atomic E-state index is 0.214. The second-order valence-electron chi connectivity index (χ2n) is 9.04. The Morgan fingerprint density at radius 2 is 1.86 bits per heavy atom. The lowest BCUT2D eigenvalue weighted by Crippen LogP contribution is -2.30. The highest BCUT2D eigenvalue weighted by molar-refractivity contribution is 6.09. The number of pyridine rings is 1. The molecule has 1 amide bonds. The third-order valence-corrected chi connectivity index (χ3v) is 6.56. The SMILES string of the molecule is CCO[C@H]1CC[C@H](Nc2ncc3c(NC(=O)c4ccccc4)ncc(-c4ccc(F)c(O)c4)c3n2)CC1. The first kappa shape index (κ1) is 24.6. The van der Waals surface area contributed by atoms with Crippen LogP contribution in [0.2, 0.25) is 0 Å². The van der Waals surface area contributed by atoms with Gasteiger partial charge in [0.2, 0.25) is 5.95 Å². The Balaban J connectivity index is 1.49. The number of nitrogens with zero attached hydrogens (tertiary/aromatic N) is 3. The molecule has 0 atom stereocenters. The monoisotopic (exact) mass is 501 g/mol. The highest BCUT2D eigenvalue weighted by Gasteiger charge is 2.22. The summed E-state index contributed by atoms with van der Waals surface area (Å²) >= 11 is 0. The zero-order chi connectivity index (χ0) is 25.8. The maximum Gasteiger partial charge on any atom is 0.256 e. The molecular formula is C28H28FN5O3. The average Bonchev–Trinajstić information content (AvgIpc) is 2.92. The number of carbonyl (C=O) groups excluding carboxylic acids is 1. The normalized spacial score (nSPS) is 17.5. The largest absolute Gasteiger partial charge is 0.505 e. The zero-order valence-electron chi connectivity index (χ0n) is 20.4. The predicted octanol–water partition coefficient (Wildman–Crippen LogP) is 5.55. The summed E-state index contributed by atoms with van der Waals surface area (Å²) in [6.45, 7) is 2.73. The molecule has 1 aliphatic rings. The van der Waals surface area contributed by atoms with Gasteiger partial charge in [0, 0.05) is 36.2 Å². The lowest BCUT2D eigenvalue weighted by Gasteiger charge is -2.28. The molecule has 4 aromatic rings. The molecule has 1 fully saturated rings. The molecule has 5 rings (SSSR count). The molecule has 190 valence electrons. The summed E-state index contributed by atoms with van der Waals surface area (Å²) in [5, 5.41) is 16.8. The lowest BCUT2D eigenvalue weighted by molar-refractivity contribution is 0.0346. The summed E-state index contributed by atoms with van der Waals surface area (Å²) in [5.74, 6) is -0.734. The first-order valence-corrected chi connectivity index (χ1v) is 12.4. The van der Waals surface area contributed by atoms with E-state index in [9.17, 15) is 14.3 Å². The highest BCUT2D eigenvalue weighted by Crippen LogP contribution is 2.33. The van der Waals surface area contributed by atoms with Crippen molar-refractivity contribution in [3.63, 3.8) is 0 Å². The Morgan fingerprint density at radius 3 is 2.59 bits per heavy atom. The molecule has 2 heterocycles. The van der Waals surface area contributed by atoms with E-state index in [1.54, 1.807) is 42.7 Å². The van der Waals surface area contributed by atoms with Crippen molar-refractivity contribution in [3.8, 4) is 16.9 Å². The van der Waals surface area contributed by atoms with E-state index < -0.39 is 11.6 Å². The number of hydrogen-bond donors (Lipinski definition) is 3. The van der Waals surface area contributed by atoms with Gasteiger partial charge >= 0.3 is 0 Å². The smallest absolute Gasteiger partial charge is 0.256 e. The van der Waals surface area contributed by atoms with Crippen molar-refractivity contribution in [2.75, 3.05) is 17.2 Å². The zero-order valence-corrected chi connectivity index (χ0v) is 20.4. The van der Waals surface area contributed by atoms with E-state index in [2.05, 4.69) is 20.6 Å². The Kier molecular flexibility index (Phi) is 7.23. The first-order valence-electron chi connectivity index (χ1n) is 12.4. The van der Waals surface area contributed by atoms with Crippen molar-refractivity contribution in [1.82, 2.24) is 15.0 Å². The number of benzene rings is 2. The van der Waals surface area contributed by atoms with Gasteiger partial charge in [-0.3, -0.25) is 4.79 Å². The van der Waals surface area contributed by atoms with Crippen LogP contribution in [0.3, 0.4) is 0 Å². The summed E-state index contributed by atoms with van der Waals surface area (Å²) < 4.78 is 19.5. The van der Waals surface area contributed by atoms with E-state index in [-0.39, 0.29) is 11.9 Å². The van der Waals surface area contributed by atoms with Gasteiger partial charge in [-0.25, -0.2) is 19.3 Å². The third kappa shape index (κ3) is 5.51. The van der Waals surface area contributed by atoms with Gasteiger partial charge in [0.15, 0.2) is 11.6 Å². The van der Waals surface area contributed by atoms with Gasteiger partial charge < -0.3 is 20.5 Å². The second kappa shape index (κ2) is 10.9. The van der Waals surface area contributed by atoms with E-state index in [1.165, 1.54) is 12.1 Å². The fraction of sp³-hybridized carbons (Fsp3) is 0.286. The lowest BCUT2D eigenvalue weighted by atomic mass is 9.93. The summed E-state index contributed by atoms with van der Waals surface area (Å²) in [6, 6.07) is 13.1. The summed E-state index contributed by atoms with van der Waals surface area (Å²) in [7, 11) is 0. The van der Waals surface area contributed by atoms with Gasteiger partial charge in [-0.1, -0.05) is 24.3 Å². The minimum Gasteiger partial charge on any atom is -0.505 e. The maximum atomic E-state index is 13.7. The van der Waals surface area contributed by atoms with E-state index in [0.29, 0.717) is 45.5 Å². The van der Waals surface area contributed by atoms with Crippen LogP contribution in [0.1, 0.15) is 43.0 Å². The number of hydrogen-bond acceptors (Lipinski definition) is 7. The number of rotatable bonds is 7. The first-order chi connectivity index (χ1) is 18.0. The molecule has 0 bridgehead atoms. The van der Waals surface area contributed by atoms with Gasteiger partial charge in [-0.15, -0.1) is 0 Å². The fourth-order valence-electron chi connectivity index (χ4n) is 4.64. The van der Waals surface area contributed by atoms with Crippen molar-refractivity contribution in [2.24, 2.45) is 0 Å². The van der Waals surface area contributed by atoms with Crippen LogP contribution in [-0.2, 0) is 4.74 Å². The van der Waals surface area contributed by atoms with E-state index in [4.69, 9.17) is 9.72 Å². The van der Waals surface area contributed by atoms with Crippen LogP contribution >= 0.6 is 0 Å². The standard InChI is InChI=1S/C28H28FN5O3/c1-2-37-20-11-9-19(10-12-20)32-28-31-16-22-25(33-28)21(18-8-13-23(29)24(35)14-18)15-30-26(22)34-27(36)17-6-4-3-5-7-17/h3-8,13-16,19-20,35H,2,9-12H2,1H3,(H,30,34,36)(H,31,32,33)/t19-,20-. The molecule has 0 spiro atoms. The third-order valence-electron chi connectivity index (χ3n) is 6.56. The number of anilines is 2. The molecule has 9 heteroatoms. The molecule has 8 nitrogen and oxygen atoms in total. The van der Waals surface area contributed by atoms with Gasteiger partial charge in [0.05, 0.1) is 17.0 Å². The molecule has 0 unspecified atom stereocenters. The number of halogens is 1. The van der Waals surface area contributed by atoms with Crippen LogP contribution < -0.4 is 10.6 Å². The number of fused-ring (bicyclic) bond motifs is 1. The van der Waals surface area contributed by atoms with Gasteiger partial charge in [0.1, 0.15) is 5.82 Å².